The third kappa shape index (κ3) is 6.42. The van der Waals surface area contributed by atoms with Crippen molar-refractivity contribution in [1.82, 2.24) is 14.8 Å². The number of carbonyl (C=O) groups excluding carboxylic acids is 1. The number of nitrogens with zero attached hydrogens (tertiary/aromatic N) is 3. The van der Waals surface area contributed by atoms with Crippen molar-refractivity contribution < 1.29 is 17.9 Å². The Hall–Kier alpha value is -3.15. The highest BCUT2D eigenvalue weighted by molar-refractivity contribution is 7.99. The van der Waals surface area contributed by atoms with Crippen molar-refractivity contribution in [3.63, 3.8) is 0 Å². The van der Waals surface area contributed by atoms with Crippen LogP contribution in [0, 0.1) is 6.92 Å². The predicted octanol–water partition coefficient (Wildman–Crippen LogP) is 2.73. The fraction of sp³-hybridized carbons (Fsp3) is 0.190. The molecule has 0 saturated heterocycles. The number of hydrogen-bond donors (Lipinski definition) is 2. The van der Waals surface area contributed by atoms with Gasteiger partial charge in [-0.25, -0.2) is 13.6 Å². The number of anilines is 1. The number of ether oxygens (including phenoxy) is 1. The number of amides is 1. The van der Waals surface area contributed by atoms with Gasteiger partial charge in [-0.1, -0.05) is 35.5 Å². The van der Waals surface area contributed by atoms with Gasteiger partial charge in [0.25, 0.3) is 0 Å². The van der Waals surface area contributed by atoms with Crippen LogP contribution in [0.3, 0.4) is 0 Å². The molecule has 2 aromatic carbocycles. The van der Waals surface area contributed by atoms with Gasteiger partial charge in [0, 0.05) is 12.2 Å². The van der Waals surface area contributed by atoms with E-state index >= 15 is 0 Å². The Kier molecular flexibility index (Phi) is 7.67. The summed E-state index contributed by atoms with van der Waals surface area (Å²) < 4.78 is 30.2. The van der Waals surface area contributed by atoms with Crippen molar-refractivity contribution in [2.45, 2.75) is 30.1 Å². The number of benzene rings is 2. The van der Waals surface area contributed by atoms with Crippen LogP contribution in [-0.2, 0) is 28.0 Å². The molecule has 9 nitrogen and oxygen atoms in total. The van der Waals surface area contributed by atoms with E-state index in [1.54, 1.807) is 6.08 Å². The van der Waals surface area contributed by atoms with Gasteiger partial charge in [0.2, 0.25) is 15.9 Å². The first-order valence-electron chi connectivity index (χ1n) is 9.54. The summed E-state index contributed by atoms with van der Waals surface area (Å²) >= 11 is 1.22. The topological polar surface area (TPSA) is 129 Å². The molecule has 1 heterocycles. The van der Waals surface area contributed by atoms with E-state index in [1.807, 2.05) is 35.8 Å². The van der Waals surface area contributed by atoms with E-state index in [1.165, 1.54) is 36.0 Å². The molecule has 0 saturated carbocycles. The number of carbonyl (C=O) groups is 1. The zero-order chi connectivity index (χ0) is 23.1. The Labute approximate surface area is 190 Å². The number of primary sulfonamides is 1. The maximum absolute atomic E-state index is 12.3. The van der Waals surface area contributed by atoms with Crippen LogP contribution in [0.5, 0.6) is 5.75 Å². The lowest BCUT2D eigenvalue weighted by Crippen LogP contribution is -2.15. The van der Waals surface area contributed by atoms with Gasteiger partial charge in [-0.3, -0.25) is 9.36 Å². The van der Waals surface area contributed by atoms with E-state index in [0.29, 0.717) is 23.2 Å². The molecular formula is C21H23N5O4S2. The third-order valence-electron chi connectivity index (χ3n) is 4.29. The highest BCUT2D eigenvalue weighted by Crippen LogP contribution is 2.20. The van der Waals surface area contributed by atoms with Gasteiger partial charge in [-0.05, 0) is 43.3 Å². The second-order valence-electron chi connectivity index (χ2n) is 6.81. The molecule has 1 aromatic heterocycles. The zero-order valence-electron chi connectivity index (χ0n) is 17.4. The van der Waals surface area contributed by atoms with Gasteiger partial charge in [0.05, 0.1) is 10.6 Å². The predicted molar refractivity (Wildman–Crippen MR) is 123 cm³/mol. The number of nitrogens with one attached hydrogen (secondary N) is 1. The molecule has 3 aromatic rings. The molecule has 0 aliphatic rings. The minimum absolute atomic E-state index is 0.0252. The first-order valence-corrected chi connectivity index (χ1v) is 12.1. The van der Waals surface area contributed by atoms with Crippen LogP contribution < -0.4 is 15.2 Å². The summed E-state index contributed by atoms with van der Waals surface area (Å²) in [5.41, 5.74) is 1.60. The van der Waals surface area contributed by atoms with E-state index < -0.39 is 10.0 Å². The van der Waals surface area contributed by atoms with Gasteiger partial charge in [-0.15, -0.1) is 16.8 Å². The molecule has 0 spiro atoms. The summed E-state index contributed by atoms with van der Waals surface area (Å²) in [6.45, 7) is 6.47. The highest BCUT2D eigenvalue weighted by atomic mass is 32.2. The van der Waals surface area contributed by atoms with Crippen LogP contribution in [0.4, 0.5) is 5.69 Å². The molecule has 32 heavy (non-hydrogen) atoms. The molecule has 0 bridgehead atoms. The lowest BCUT2D eigenvalue weighted by atomic mass is 10.2. The SMILES string of the molecule is C=CCn1c(COc2ccc(C)cc2)nnc1SCC(=O)Nc1ccc(S(N)(=O)=O)cc1. The number of thioether (sulfide) groups is 1. The van der Waals surface area contributed by atoms with Crippen LogP contribution in [-0.4, -0.2) is 34.8 Å². The Morgan fingerprint density at radius 3 is 2.50 bits per heavy atom. The molecule has 0 unspecified atom stereocenters. The van der Waals surface area contributed by atoms with Crippen molar-refractivity contribution in [1.29, 1.82) is 0 Å². The third-order valence-corrected chi connectivity index (χ3v) is 6.19. The van der Waals surface area contributed by atoms with E-state index in [-0.39, 0.29) is 23.2 Å². The van der Waals surface area contributed by atoms with Crippen LogP contribution >= 0.6 is 11.8 Å². The van der Waals surface area contributed by atoms with Gasteiger partial charge >= 0.3 is 0 Å². The first-order chi connectivity index (χ1) is 15.3. The summed E-state index contributed by atoms with van der Waals surface area (Å²) in [7, 11) is -3.78. The zero-order valence-corrected chi connectivity index (χ0v) is 19.0. The molecule has 1 amide bonds. The molecule has 11 heteroatoms. The monoisotopic (exact) mass is 473 g/mol. The number of aromatic nitrogens is 3. The van der Waals surface area contributed by atoms with E-state index in [9.17, 15) is 13.2 Å². The number of rotatable bonds is 10. The Morgan fingerprint density at radius 2 is 1.88 bits per heavy atom. The highest BCUT2D eigenvalue weighted by Gasteiger charge is 2.15. The van der Waals surface area contributed by atoms with Crippen LogP contribution in [0.1, 0.15) is 11.4 Å². The standard InChI is InChI=1S/C21H23N5O4S2/c1-3-12-26-19(13-30-17-8-4-15(2)5-9-17)24-25-21(26)31-14-20(27)23-16-6-10-18(11-7-16)32(22,28)29/h3-11H,1,12-14H2,2H3,(H,23,27)(H2,22,28,29). The Balaban J connectivity index is 1.59. The molecule has 168 valence electrons. The number of nitrogens with two attached hydrogens (primary N) is 1. The molecule has 0 atom stereocenters. The molecule has 0 fully saturated rings. The molecular weight excluding hydrogens is 450 g/mol. The van der Waals surface area contributed by atoms with Gasteiger partial charge in [0.15, 0.2) is 11.0 Å². The first kappa shape index (κ1) is 23.5. The van der Waals surface area contributed by atoms with Crippen molar-refractivity contribution in [3.8, 4) is 5.75 Å². The number of allylic oxidation sites excluding steroid dienone is 1. The normalized spacial score (nSPS) is 11.2. The summed E-state index contributed by atoms with van der Waals surface area (Å²) in [6.07, 6.45) is 1.72. The Bertz CT molecular complexity index is 1190. The largest absolute Gasteiger partial charge is 0.486 e. The number of aryl methyl sites for hydroxylation is 1. The second kappa shape index (κ2) is 10.4. The van der Waals surface area contributed by atoms with Crippen LogP contribution in [0.15, 0.2) is 71.2 Å². The van der Waals surface area contributed by atoms with Gasteiger partial charge in [-0.2, -0.15) is 0 Å². The minimum Gasteiger partial charge on any atom is -0.486 e. The number of hydrogen-bond acceptors (Lipinski definition) is 7. The maximum Gasteiger partial charge on any atom is 0.238 e. The van der Waals surface area contributed by atoms with Gasteiger partial charge in [0.1, 0.15) is 12.4 Å². The minimum atomic E-state index is -3.78. The fourth-order valence-corrected chi connectivity index (χ4v) is 3.96. The molecule has 3 N–H and O–H groups in total. The van der Waals surface area contributed by atoms with Crippen LogP contribution in [0.2, 0.25) is 0 Å². The lowest BCUT2D eigenvalue weighted by Gasteiger charge is -2.09. The van der Waals surface area contributed by atoms with E-state index in [0.717, 1.165) is 11.3 Å². The van der Waals surface area contributed by atoms with Gasteiger partial charge < -0.3 is 10.1 Å². The van der Waals surface area contributed by atoms with Crippen molar-refractivity contribution in [2.75, 3.05) is 11.1 Å². The lowest BCUT2D eigenvalue weighted by molar-refractivity contribution is -0.113. The van der Waals surface area contributed by atoms with Crippen LogP contribution in [0.25, 0.3) is 0 Å². The quantitative estimate of drug-likeness (QED) is 0.342. The average Bonchev–Trinajstić information content (AvgIpc) is 3.13. The fourth-order valence-electron chi connectivity index (χ4n) is 2.68. The number of sulfonamides is 1. The Morgan fingerprint density at radius 1 is 1.19 bits per heavy atom. The summed E-state index contributed by atoms with van der Waals surface area (Å²) in [5, 5.41) is 16.7. The van der Waals surface area contributed by atoms with E-state index in [4.69, 9.17) is 9.88 Å². The summed E-state index contributed by atoms with van der Waals surface area (Å²) in [4.78, 5) is 12.3. The van der Waals surface area contributed by atoms with Crippen molar-refractivity contribution in [2.24, 2.45) is 5.14 Å². The average molecular weight is 474 g/mol. The smallest absolute Gasteiger partial charge is 0.238 e. The summed E-state index contributed by atoms with van der Waals surface area (Å²) in [6, 6.07) is 13.3. The summed E-state index contributed by atoms with van der Waals surface area (Å²) in [5.74, 6) is 1.16. The van der Waals surface area contributed by atoms with Crippen molar-refractivity contribution in [3.05, 3.63) is 72.6 Å². The molecule has 0 aliphatic heterocycles. The van der Waals surface area contributed by atoms with Crippen molar-refractivity contribution >= 4 is 33.4 Å². The molecule has 0 aliphatic carbocycles. The molecule has 0 radical (unpaired) electrons. The van der Waals surface area contributed by atoms with E-state index in [2.05, 4.69) is 22.1 Å². The second-order valence-corrected chi connectivity index (χ2v) is 9.31. The maximum atomic E-state index is 12.3. The molecule has 3 rings (SSSR count).